The van der Waals surface area contributed by atoms with Crippen molar-refractivity contribution < 1.29 is 9.28 Å². The smallest absolute Gasteiger partial charge is 0.294 e. The van der Waals surface area contributed by atoms with Gasteiger partial charge in [0.05, 0.1) is 21.1 Å². The zero-order valence-electron chi connectivity index (χ0n) is 8.44. The molecule has 0 aliphatic rings. The number of carbonyl (C=O) groups is 1. The second-order valence-electron chi connectivity index (χ2n) is 3.77. The number of hydrogen-bond acceptors (Lipinski definition) is 1. The molecule has 0 bridgehead atoms. The Labute approximate surface area is 79.4 Å². The van der Waals surface area contributed by atoms with E-state index < -0.39 is 0 Å². The molecular weight excluding hydrogens is 174 g/mol. The maximum atomic E-state index is 11.1. The molecule has 70 valence electrons. The van der Waals surface area contributed by atoms with Crippen LogP contribution < -0.4 is 0 Å². The highest BCUT2D eigenvalue weighted by molar-refractivity contribution is 6.67. The first kappa shape index (κ1) is 11.7. The average molecular weight is 191 g/mol. The first-order valence-corrected chi connectivity index (χ1v) is 4.40. The highest BCUT2D eigenvalue weighted by Crippen LogP contribution is 2.18. The van der Waals surface area contributed by atoms with Crippen LogP contribution in [-0.2, 0) is 4.79 Å². The van der Waals surface area contributed by atoms with Crippen molar-refractivity contribution in [2.45, 2.75) is 20.3 Å². The number of halogens is 1. The second-order valence-corrected chi connectivity index (χ2v) is 4.11. The first-order chi connectivity index (χ1) is 5.30. The Kier molecular flexibility index (Phi) is 3.94. The van der Waals surface area contributed by atoms with Crippen molar-refractivity contribution in [1.29, 1.82) is 0 Å². The highest BCUT2D eigenvalue weighted by atomic mass is 35.5. The highest BCUT2D eigenvalue weighted by Gasteiger charge is 2.24. The van der Waals surface area contributed by atoms with Gasteiger partial charge in [-0.15, -0.1) is 0 Å². The predicted molar refractivity (Wildman–Crippen MR) is 51.9 cm³/mol. The summed E-state index contributed by atoms with van der Waals surface area (Å²) < 4.78 is 0.488. The normalized spacial score (nSPS) is 14.2. The SMILES string of the molecule is CCC(C)=C(C(=O)Cl)[N+](C)(C)C. The molecule has 0 aromatic carbocycles. The maximum Gasteiger partial charge on any atom is 0.305 e. The molecule has 0 aliphatic carbocycles. The van der Waals surface area contributed by atoms with Crippen LogP contribution in [-0.4, -0.2) is 30.9 Å². The van der Waals surface area contributed by atoms with Crippen molar-refractivity contribution in [1.82, 2.24) is 0 Å². The largest absolute Gasteiger partial charge is 0.305 e. The lowest BCUT2D eigenvalue weighted by Gasteiger charge is -2.25. The minimum atomic E-state index is -0.346. The number of hydrogen-bond donors (Lipinski definition) is 0. The molecule has 0 saturated heterocycles. The van der Waals surface area contributed by atoms with Crippen molar-refractivity contribution in [2.24, 2.45) is 0 Å². The molecule has 0 saturated carbocycles. The summed E-state index contributed by atoms with van der Waals surface area (Å²) in [6.45, 7) is 3.96. The van der Waals surface area contributed by atoms with E-state index >= 15 is 0 Å². The molecule has 0 rings (SSSR count). The van der Waals surface area contributed by atoms with Crippen molar-refractivity contribution >= 4 is 16.8 Å². The summed E-state index contributed by atoms with van der Waals surface area (Å²) in [5.74, 6) is 0. The van der Waals surface area contributed by atoms with Gasteiger partial charge in [-0.25, -0.2) is 0 Å². The molecule has 0 aromatic heterocycles. The van der Waals surface area contributed by atoms with Crippen LogP contribution in [0.25, 0.3) is 0 Å². The zero-order chi connectivity index (χ0) is 9.94. The van der Waals surface area contributed by atoms with Crippen LogP contribution >= 0.6 is 11.6 Å². The zero-order valence-corrected chi connectivity index (χ0v) is 9.20. The molecule has 0 spiro atoms. The Morgan fingerprint density at radius 3 is 1.83 bits per heavy atom. The third-order valence-corrected chi connectivity index (χ3v) is 1.97. The molecule has 3 heteroatoms. The Morgan fingerprint density at radius 1 is 1.33 bits per heavy atom. The number of carbonyl (C=O) groups excluding carboxylic acids is 1. The van der Waals surface area contributed by atoms with Gasteiger partial charge in [-0.2, -0.15) is 0 Å². The predicted octanol–water partition coefficient (Wildman–Crippen LogP) is 2.14. The van der Waals surface area contributed by atoms with E-state index in [0.717, 1.165) is 12.0 Å². The monoisotopic (exact) mass is 190 g/mol. The molecule has 0 radical (unpaired) electrons. The molecule has 12 heavy (non-hydrogen) atoms. The number of quaternary nitrogens is 1. The van der Waals surface area contributed by atoms with Gasteiger partial charge in [0.1, 0.15) is 0 Å². The van der Waals surface area contributed by atoms with E-state index in [4.69, 9.17) is 11.6 Å². The molecule has 0 aliphatic heterocycles. The van der Waals surface area contributed by atoms with Gasteiger partial charge in [0.2, 0.25) is 0 Å². The van der Waals surface area contributed by atoms with E-state index in [9.17, 15) is 4.79 Å². The van der Waals surface area contributed by atoms with E-state index in [1.165, 1.54) is 0 Å². The minimum absolute atomic E-state index is 0.346. The summed E-state index contributed by atoms with van der Waals surface area (Å²) in [5.41, 5.74) is 1.75. The van der Waals surface area contributed by atoms with Crippen LogP contribution in [0.1, 0.15) is 20.3 Å². The fourth-order valence-corrected chi connectivity index (χ4v) is 1.59. The third-order valence-electron chi connectivity index (χ3n) is 1.79. The van der Waals surface area contributed by atoms with E-state index in [1.54, 1.807) is 0 Å². The van der Waals surface area contributed by atoms with Crippen LogP contribution in [0.3, 0.4) is 0 Å². The number of likely N-dealkylation sites (N-methyl/N-ethyl adjacent to an activating group) is 1. The summed E-state index contributed by atoms with van der Waals surface area (Å²) in [6.07, 6.45) is 0.864. The van der Waals surface area contributed by atoms with Gasteiger partial charge >= 0.3 is 5.24 Å². The van der Waals surface area contributed by atoms with Gasteiger partial charge in [0.25, 0.3) is 0 Å². The summed E-state index contributed by atoms with van der Waals surface area (Å²) in [7, 11) is 5.82. The summed E-state index contributed by atoms with van der Waals surface area (Å²) in [5, 5.41) is -0.346. The van der Waals surface area contributed by atoms with Gasteiger partial charge in [0.15, 0.2) is 5.70 Å². The fourth-order valence-electron chi connectivity index (χ4n) is 1.17. The lowest BCUT2D eigenvalue weighted by Crippen LogP contribution is -2.36. The molecule has 0 aromatic rings. The number of rotatable bonds is 3. The number of nitrogens with zero attached hydrogens (tertiary/aromatic N) is 1. The average Bonchev–Trinajstić information content (AvgIpc) is 1.83. The minimum Gasteiger partial charge on any atom is -0.294 e. The van der Waals surface area contributed by atoms with E-state index in [2.05, 4.69) is 0 Å². The molecule has 0 fully saturated rings. The molecule has 2 nitrogen and oxygen atoms in total. The van der Waals surface area contributed by atoms with Crippen LogP contribution in [0.5, 0.6) is 0 Å². The molecule has 0 atom stereocenters. The number of allylic oxidation sites excluding steroid dienone is 2. The Morgan fingerprint density at radius 2 is 1.75 bits per heavy atom. The quantitative estimate of drug-likeness (QED) is 0.379. The molecule has 0 N–H and O–H groups in total. The lowest BCUT2D eigenvalue weighted by atomic mass is 10.1. The van der Waals surface area contributed by atoms with Crippen LogP contribution in [0.15, 0.2) is 11.3 Å². The van der Waals surface area contributed by atoms with Gasteiger partial charge in [0, 0.05) is 0 Å². The molecular formula is C9H17ClNO+. The van der Waals surface area contributed by atoms with Crippen LogP contribution in [0.2, 0.25) is 0 Å². The van der Waals surface area contributed by atoms with E-state index in [-0.39, 0.29) is 5.24 Å². The van der Waals surface area contributed by atoms with Gasteiger partial charge < -0.3 is 0 Å². The van der Waals surface area contributed by atoms with Gasteiger partial charge in [-0.05, 0) is 30.5 Å². The summed E-state index contributed by atoms with van der Waals surface area (Å²) in [4.78, 5) is 11.1. The van der Waals surface area contributed by atoms with Crippen LogP contribution in [0, 0.1) is 0 Å². The van der Waals surface area contributed by atoms with Gasteiger partial charge in [-0.3, -0.25) is 9.28 Å². The Balaban J connectivity index is 5.07. The molecule has 0 heterocycles. The van der Waals surface area contributed by atoms with Crippen molar-refractivity contribution in [3.8, 4) is 0 Å². The van der Waals surface area contributed by atoms with Crippen molar-refractivity contribution in [3.63, 3.8) is 0 Å². The Bertz CT molecular complexity index is 213. The topological polar surface area (TPSA) is 17.1 Å². The maximum absolute atomic E-state index is 11.1. The van der Waals surface area contributed by atoms with Crippen LogP contribution in [0.4, 0.5) is 0 Å². The first-order valence-electron chi connectivity index (χ1n) is 4.02. The van der Waals surface area contributed by atoms with Gasteiger partial charge in [-0.1, -0.05) is 6.92 Å². The second kappa shape index (κ2) is 4.06. The fraction of sp³-hybridized carbons (Fsp3) is 0.667. The van der Waals surface area contributed by atoms with E-state index in [1.807, 2.05) is 35.0 Å². The molecule has 0 amide bonds. The Hall–Kier alpha value is -0.340. The summed E-state index contributed by atoms with van der Waals surface area (Å²) in [6, 6.07) is 0. The third kappa shape index (κ3) is 2.95. The van der Waals surface area contributed by atoms with E-state index in [0.29, 0.717) is 10.2 Å². The van der Waals surface area contributed by atoms with Crippen molar-refractivity contribution in [3.05, 3.63) is 11.3 Å². The lowest BCUT2D eigenvalue weighted by molar-refractivity contribution is -0.826. The standard InChI is InChI=1S/C9H17ClNO/c1-6-7(2)8(9(10)12)11(3,4)5/h6H2,1-5H3/q+1. The molecule has 0 unspecified atom stereocenters. The van der Waals surface area contributed by atoms with Crippen molar-refractivity contribution in [2.75, 3.05) is 21.1 Å². The summed E-state index contributed by atoms with van der Waals surface area (Å²) >= 11 is 5.49.